The zero-order valence-electron chi connectivity index (χ0n) is 14.8. The van der Waals surface area contributed by atoms with E-state index in [0.717, 1.165) is 24.9 Å². The van der Waals surface area contributed by atoms with Gasteiger partial charge in [-0.05, 0) is 18.4 Å². The second kappa shape index (κ2) is 8.34. The third kappa shape index (κ3) is 4.51. The molecule has 0 aliphatic carbocycles. The van der Waals surface area contributed by atoms with Gasteiger partial charge in [-0.25, -0.2) is 4.79 Å². The molecule has 2 aliphatic heterocycles. The van der Waals surface area contributed by atoms with Gasteiger partial charge in [0.05, 0.1) is 18.8 Å². The number of carbonyl (C=O) groups excluding carboxylic acids is 2. The van der Waals surface area contributed by atoms with E-state index in [1.165, 1.54) is 0 Å². The molecular weight excluding hydrogens is 318 g/mol. The highest BCUT2D eigenvalue weighted by molar-refractivity contribution is 5.78. The van der Waals surface area contributed by atoms with Gasteiger partial charge in [0.2, 0.25) is 5.91 Å². The lowest BCUT2D eigenvalue weighted by molar-refractivity contribution is -0.128. The van der Waals surface area contributed by atoms with Gasteiger partial charge in [-0.2, -0.15) is 0 Å². The lowest BCUT2D eigenvalue weighted by Gasteiger charge is -2.34. The van der Waals surface area contributed by atoms with Crippen LogP contribution in [0, 0.1) is 0 Å². The topological polar surface area (TPSA) is 61.9 Å². The molecule has 1 aromatic rings. The number of morpholine rings is 1. The van der Waals surface area contributed by atoms with Gasteiger partial charge in [0.25, 0.3) is 0 Å². The van der Waals surface area contributed by atoms with Crippen LogP contribution in [0.25, 0.3) is 0 Å². The van der Waals surface area contributed by atoms with Crippen molar-refractivity contribution >= 4 is 11.9 Å². The first kappa shape index (κ1) is 17.7. The van der Waals surface area contributed by atoms with Crippen LogP contribution in [-0.4, -0.2) is 60.6 Å². The number of hydrogen-bond donors (Lipinski definition) is 1. The Bertz CT molecular complexity index is 593. The third-order valence-corrected chi connectivity index (χ3v) is 4.96. The molecule has 2 fully saturated rings. The molecule has 0 bridgehead atoms. The molecule has 136 valence electrons. The van der Waals surface area contributed by atoms with E-state index in [9.17, 15) is 9.59 Å². The molecule has 6 nitrogen and oxygen atoms in total. The summed E-state index contributed by atoms with van der Waals surface area (Å²) in [7, 11) is 0. The van der Waals surface area contributed by atoms with E-state index in [1.54, 1.807) is 0 Å². The average Bonchev–Trinajstić information content (AvgIpc) is 3.06. The lowest BCUT2D eigenvalue weighted by atomic mass is 10.1. The summed E-state index contributed by atoms with van der Waals surface area (Å²) in [6.07, 6.45) is 2.51. The molecule has 2 aliphatic rings. The molecule has 2 saturated heterocycles. The number of nitrogens with one attached hydrogen (secondary N) is 1. The number of amides is 3. The minimum Gasteiger partial charge on any atom is -0.375 e. The number of urea groups is 1. The Morgan fingerprint density at radius 3 is 2.80 bits per heavy atom. The molecule has 3 amide bonds. The summed E-state index contributed by atoms with van der Waals surface area (Å²) in [4.78, 5) is 28.4. The van der Waals surface area contributed by atoms with Crippen molar-refractivity contribution in [2.24, 2.45) is 0 Å². The number of ether oxygens (including phenoxy) is 1. The second-order valence-corrected chi connectivity index (χ2v) is 6.70. The Balaban J connectivity index is 1.68. The Labute approximate surface area is 149 Å². The normalized spacial score (nSPS) is 22.1. The fourth-order valence-corrected chi connectivity index (χ4v) is 3.43. The molecule has 0 spiro atoms. The highest BCUT2D eigenvalue weighted by atomic mass is 16.5. The summed E-state index contributed by atoms with van der Waals surface area (Å²) in [6.45, 7) is 5.16. The fraction of sp³-hybridized carbons (Fsp3) is 0.579. The van der Waals surface area contributed by atoms with Gasteiger partial charge >= 0.3 is 6.03 Å². The van der Waals surface area contributed by atoms with Gasteiger partial charge in [-0.3, -0.25) is 4.79 Å². The molecule has 0 radical (unpaired) electrons. The van der Waals surface area contributed by atoms with Crippen molar-refractivity contribution in [1.29, 1.82) is 0 Å². The van der Waals surface area contributed by atoms with E-state index < -0.39 is 0 Å². The first-order chi connectivity index (χ1) is 12.2. The van der Waals surface area contributed by atoms with E-state index >= 15 is 0 Å². The summed E-state index contributed by atoms with van der Waals surface area (Å²) in [5.74, 6) is 0.174. The molecule has 25 heavy (non-hydrogen) atoms. The van der Waals surface area contributed by atoms with Crippen molar-refractivity contribution in [2.45, 2.75) is 38.3 Å². The van der Waals surface area contributed by atoms with Crippen LogP contribution in [0.3, 0.4) is 0 Å². The number of carbonyl (C=O) groups is 2. The first-order valence-corrected chi connectivity index (χ1v) is 9.17. The quantitative estimate of drug-likeness (QED) is 0.890. The zero-order chi connectivity index (χ0) is 17.6. The maximum atomic E-state index is 12.8. The highest BCUT2D eigenvalue weighted by Gasteiger charge is 2.28. The molecule has 1 N–H and O–H groups in total. The Morgan fingerprint density at radius 2 is 2.12 bits per heavy atom. The average molecular weight is 345 g/mol. The van der Waals surface area contributed by atoms with Crippen LogP contribution in [0.1, 0.15) is 37.8 Å². The Hall–Kier alpha value is -2.08. The predicted molar refractivity (Wildman–Crippen MR) is 95.1 cm³/mol. The van der Waals surface area contributed by atoms with Crippen molar-refractivity contribution in [3.63, 3.8) is 0 Å². The molecule has 1 aromatic carbocycles. The van der Waals surface area contributed by atoms with Gasteiger partial charge in [-0.15, -0.1) is 0 Å². The molecule has 2 heterocycles. The summed E-state index contributed by atoms with van der Waals surface area (Å²) in [5, 5.41) is 3.13. The van der Waals surface area contributed by atoms with Crippen LogP contribution in [0.2, 0.25) is 0 Å². The van der Waals surface area contributed by atoms with Gasteiger partial charge in [-0.1, -0.05) is 37.3 Å². The van der Waals surface area contributed by atoms with Crippen molar-refractivity contribution in [2.75, 3.05) is 32.8 Å². The van der Waals surface area contributed by atoms with Crippen molar-refractivity contribution < 1.29 is 14.3 Å². The molecule has 3 rings (SSSR count). The highest BCUT2D eigenvalue weighted by Crippen LogP contribution is 2.19. The van der Waals surface area contributed by atoms with Crippen LogP contribution in [-0.2, 0) is 9.53 Å². The van der Waals surface area contributed by atoms with Gasteiger partial charge < -0.3 is 19.9 Å². The second-order valence-electron chi connectivity index (χ2n) is 6.70. The largest absolute Gasteiger partial charge is 0.375 e. The lowest BCUT2D eigenvalue weighted by Crippen LogP contribution is -2.51. The fourth-order valence-electron chi connectivity index (χ4n) is 3.43. The van der Waals surface area contributed by atoms with Crippen LogP contribution in [0.5, 0.6) is 0 Å². The number of benzene rings is 1. The van der Waals surface area contributed by atoms with E-state index in [4.69, 9.17) is 4.74 Å². The molecule has 0 aromatic heterocycles. The van der Waals surface area contributed by atoms with Crippen molar-refractivity contribution in [3.8, 4) is 0 Å². The minimum atomic E-state index is -0.196. The smallest absolute Gasteiger partial charge is 0.318 e. The Morgan fingerprint density at radius 1 is 1.32 bits per heavy atom. The number of nitrogens with zero attached hydrogens (tertiary/aromatic N) is 2. The minimum absolute atomic E-state index is 0.0813. The number of likely N-dealkylation sites (tertiary alicyclic amines) is 1. The Kier molecular flexibility index (Phi) is 5.91. The molecule has 6 heteroatoms. The summed E-state index contributed by atoms with van der Waals surface area (Å²) in [5.41, 5.74) is 1.02. The molecule has 0 unspecified atom stereocenters. The van der Waals surface area contributed by atoms with Crippen LogP contribution in [0.4, 0.5) is 4.79 Å². The SMILES string of the molecule is CC[C@H]1CN(C(=O)N[C@H](CN2CCCC2=O)c2ccccc2)CCO1. The van der Waals surface area contributed by atoms with Crippen LogP contribution < -0.4 is 5.32 Å². The van der Waals surface area contributed by atoms with E-state index in [-0.39, 0.29) is 24.1 Å². The van der Waals surface area contributed by atoms with E-state index in [1.807, 2.05) is 40.1 Å². The van der Waals surface area contributed by atoms with Gasteiger partial charge in [0.15, 0.2) is 0 Å². The predicted octanol–water partition coefficient (Wildman–Crippen LogP) is 2.17. The van der Waals surface area contributed by atoms with Crippen molar-refractivity contribution in [3.05, 3.63) is 35.9 Å². The molecule has 2 atom stereocenters. The third-order valence-electron chi connectivity index (χ3n) is 4.96. The van der Waals surface area contributed by atoms with Gasteiger partial charge in [0.1, 0.15) is 0 Å². The van der Waals surface area contributed by atoms with E-state index in [0.29, 0.717) is 32.7 Å². The maximum absolute atomic E-state index is 12.8. The summed E-state index contributed by atoms with van der Waals surface area (Å²) < 4.78 is 5.64. The maximum Gasteiger partial charge on any atom is 0.318 e. The standard InChI is InChI=1S/C19H27N3O3/c1-2-16-13-22(11-12-25-16)19(24)20-17(15-7-4-3-5-8-15)14-21-10-6-9-18(21)23/h3-5,7-8,16-17H,2,6,9-14H2,1H3,(H,20,24)/t16-,17+/m0/s1. The first-order valence-electron chi connectivity index (χ1n) is 9.17. The number of hydrogen-bond acceptors (Lipinski definition) is 3. The van der Waals surface area contributed by atoms with E-state index in [2.05, 4.69) is 12.2 Å². The van der Waals surface area contributed by atoms with Crippen molar-refractivity contribution in [1.82, 2.24) is 15.1 Å². The summed E-state index contributed by atoms with van der Waals surface area (Å²) in [6, 6.07) is 9.60. The van der Waals surface area contributed by atoms with Crippen LogP contribution >= 0.6 is 0 Å². The summed E-state index contributed by atoms with van der Waals surface area (Å²) >= 11 is 0. The molecular formula is C19H27N3O3. The van der Waals surface area contributed by atoms with Gasteiger partial charge in [0, 0.05) is 32.6 Å². The monoisotopic (exact) mass is 345 g/mol. The number of rotatable bonds is 5. The zero-order valence-corrected chi connectivity index (χ0v) is 14.8. The van der Waals surface area contributed by atoms with Crippen LogP contribution in [0.15, 0.2) is 30.3 Å². The molecule has 0 saturated carbocycles.